The highest BCUT2D eigenvalue weighted by Gasteiger charge is 2.14. The van der Waals surface area contributed by atoms with E-state index in [4.69, 9.17) is 0 Å². The Morgan fingerprint density at radius 1 is 1.17 bits per heavy atom. The van der Waals surface area contributed by atoms with Crippen molar-refractivity contribution >= 4 is 33.0 Å². The second kappa shape index (κ2) is 7.03. The monoisotopic (exact) mass is 340 g/mol. The molecule has 1 unspecified atom stereocenters. The number of nitrogens with zero attached hydrogens (tertiary/aromatic N) is 1. The van der Waals surface area contributed by atoms with Gasteiger partial charge in [0.25, 0.3) is 5.91 Å². The first kappa shape index (κ1) is 16.5. The van der Waals surface area contributed by atoms with Crippen molar-refractivity contribution in [3.8, 4) is 0 Å². The Morgan fingerprint density at radius 3 is 2.58 bits per heavy atom. The van der Waals surface area contributed by atoms with Crippen LogP contribution < -0.4 is 10.2 Å². The lowest BCUT2D eigenvalue weighted by molar-refractivity contribution is 0.0917. The number of anilines is 1. The maximum Gasteiger partial charge on any atom is 0.251 e. The second-order valence-corrected chi connectivity index (χ2v) is 6.77. The fraction of sp³-hybridized carbons (Fsp3) is 0.211. The minimum atomic E-state index is -0.717. The molecule has 3 rings (SSSR count). The Kier molecular flexibility index (Phi) is 4.83. The van der Waals surface area contributed by atoms with Crippen LogP contribution in [0.1, 0.15) is 22.0 Å². The van der Waals surface area contributed by atoms with Crippen molar-refractivity contribution in [3.63, 3.8) is 0 Å². The lowest BCUT2D eigenvalue weighted by Crippen LogP contribution is -2.28. The van der Waals surface area contributed by atoms with Crippen molar-refractivity contribution < 1.29 is 9.90 Å². The van der Waals surface area contributed by atoms with Crippen LogP contribution in [0.4, 0.5) is 5.69 Å². The number of hydrogen-bond donors (Lipinski definition) is 2. The molecule has 4 nitrogen and oxygen atoms in total. The van der Waals surface area contributed by atoms with Gasteiger partial charge in [0.2, 0.25) is 0 Å². The summed E-state index contributed by atoms with van der Waals surface area (Å²) in [5, 5.41) is 16.2. The van der Waals surface area contributed by atoms with Crippen LogP contribution in [-0.4, -0.2) is 31.7 Å². The molecule has 124 valence electrons. The van der Waals surface area contributed by atoms with E-state index in [1.54, 1.807) is 23.5 Å². The molecule has 5 heteroatoms. The van der Waals surface area contributed by atoms with E-state index in [1.165, 1.54) is 0 Å². The van der Waals surface area contributed by atoms with Crippen LogP contribution in [0.15, 0.2) is 53.9 Å². The highest BCUT2D eigenvalue weighted by molar-refractivity contribution is 7.17. The summed E-state index contributed by atoms with van der Waals surface area (Å²) < 4.78 is 1.14. The molecule has 2 aromatic carbocycles. The molecule has 0 radical (unpaired) electrons. The Balaban J connectivity index is 1.65. The molecular weight excluding hydrogens is 320 g/mol. The second-order valence-electron chi connectivity index (χ2n) is 5.85. The van der Waals surface area contributed by atoms with Gasteiger partial charge >= 0.3 is 0 Å². The average Bonchev–Trinajstić information content (AvgIpc) is 3.03. The largest absolute Gasteiger partial charge is 0.387 e. The quantitative estimate of drug-likeness (QED) is 0.748. The van der Waals surface area contributed by atoms with Crippen LogP contribution in [0, 0.1) is 0 Å². The summed E-state index contributed by atoms with van der Waals surface area (Å²) in [6, 6.07) is 15.3. The molecule has 24 heavy (non-hydrogen) atoms. The molecular formula is C19H20N2O2S. The van der Waals surface area contributed by atoms with E-state index >= 15 is 0 Å². The highest BCUT2D eigenvalue weighted by Crippen LogP contribution is 2.29. The third kappa shape index (κ3) is 3.42. The van der Waals surface area contributed by atoms with Crippen molar-refractivity contribution in [2.45, 2.75) is 6.10 Å². The molecule has 1 amide bonds. The lowest BCUT2D eigenvalue weighted by Gasteiger charge is -2.14. The molecule has 0 aliphatic rings. The van der Waals surface area contributed by atoms with Crippen molar-refractivity contribution in [1.29, 1.82) is 0 Å². The number of carbonyl (C=O) groups excluding carboxylic acids is 1. The van der Waals surface area contributed by atoms with Gasteiger partial charge in [-0.1, -0.05) is 18.2 Å². The van der Waals surface area contributed by atoms with Gasteiger partial charge in [0, 0.05) is 42.2 Å². The first-order valence-corrected chi connectivity index (χ1v) is 8.64. The predicted octanol–water partition coefficient (Wildman–Crippen LogP) is 3.43. The Bertz CT molecular complexity index is 840. The topological polar surface area (TPSA) is 52.6 Å². The maximum atomic E-state index is 12.2. The number of nitrogens with one attached hydrogen (secondary N) is 1. The van der Waals surface area contributed by atoms with E-state index in [2.05, 4.69) is 5.32 Å². The molecule has 0 spiro atoms. The standard InChI is InChI=1S/C19H20N2O2S/c1-21(2)14-9-7-13(8-10-14)19(23)20-11-17(22)16-12-24-18-6-4-3-5-15(16)18/h3-10,12,17,22H,11H2,1-2H3,(H,20,23). The van der Waals surface area contributed by atoms with Gasteiger partial charge in [-0.15, -0.1) is 11.3 Å². The minimum absolute atomic E-state index is 0.182. The summed E-state index contributed by atoms with van der Waals surface area (Å²) >= 11 is 1.60. The smallest absolute Gasteiger partial charge is 0.251 e. The van der Waals surface area contributed by atoms with Crippen molar-refractivity contribution in [2.75, 3.05) is 25.5 Å². The van der Waals surface area contributed by atoms with Crippen LogP contribution in [0.25, 0.3) is 10.1 Å². The molecule has 0 aliphatic carbocycles. The molecule has 1 heterocycles. The van der Waals surface area contributed by atoms with Gasteiger partial charge in [-0.2, -0.15) is 0 Å². The molecule has 1 aromatic heterocycles. The Morgan fingerprint density at radius 2 is 1.88 bits per heavy atom. The van der Waals surface area contributed by atoms with Crippen molar-refractivity contribution in [1.82, 2.24) is 5.32 Å². The van der Waals surface area contributed by atoms with Gasteiger partial charge in [-0.25, -0.2) is 0 Å². The van der Waals surface area contributed by atoms with Crippen LogP contribution in [0.2, 0.25) is 0 Å². The van der Waals surface area contributed by atoms with E-state index in [1.807, 2.05) is 60.8 Å². The molecule has 3 aromatic rings. The van der Waals surface area contributed by atoms with Crippen molar-refractivity contribution in [3.05, 3.63) is 65.0 Å². The van der Waals surface area contributed by atoms with Gasteiger partial charge in [0.15, 0.2) is 0 Å². The molecule has 1 atom stereocenters. The summed E-state index contributed by atoms with van der Waals surface area (Å²) in [5.74, 6) is -0.182. The van der Waals surface area contributed by atoms with Gasteiger partial charge in [-0.05, 0) is 41.1 Å². The lowest BCUT2D eigenvalue weighted by atomic mass is 10.1. The van der Waals surface area contributed by atoms with Crippen LogP contribution >= 0.6 is 11.3 Å². The number of carbonyl (C=O) groups is 1. The zero-order valence-electron chi connectivity index (χ0n) is 13.7. The van der Waals surface area contributed by atoms with E-state index in [0.717, 1.165) is 21.3 Å². The van der Waals surface area contributed by atoms with E-state index < -0.39 is 6.10 Å². The average molecular weight is 340 g/mol. The van der Waals surface area contributed by atoms with Crippen molar-refractivity contribution in [2.24, 2.45) is 0 Å². The summed E-state index contributed by atoms with van der Waals surface area (Å²) in [7, 11) is 3.91. The van der Waals surface area contributed by atoms with E-state index in [-0.39, 0.29) is 12.5 Å². The summed E-state index contributed by atoms with van der Waals surface area (Å²) in [4.78, 5) is 14.2. The van der Waals surface area contributed by atoms with Crippen LogP contribution in [0.3, 0.4) is 0 Å². The Hall–Kier alpha value is -2.37. The number of aliphatic hydroxyl groups excluding tert-OH is 1. The maximum absolute atomic E-state index is 12.2. The fourth-order valence-corrected chi connectivity index (χ4v) is 3.58. The fourth-order valence-electron chi connectivity index (χ4n) is 2.57. The summed E-state index contributed by atoms with van der Waals surface area (Å²) in [6.07, 6.45) is -0.717. The van der Waals surface area contributed by atoms with Crippen LogP contribution in [0.5, 0.6) is 0 Å². The molecule has 0 saturated heterocycles. The number of hydrogen-bond acceptors (Lipinski definition) is 4. The first-order chi connectivity index (χ1) is 11.6. The minimum Gasteiger partial charge on any atom is -0.387 e. The SMILES string of the molecule is CN(C)c1ccc(C(=O)NCC(O)c2csc3ccccc23)cc1. The predicted molar refractivity (Wildman–Crippen MR) is 99.9 cm³/mol. The van der Waals surface area contributed by atoms with Gasteiger partial charge < -0.3 is 15.3 Å². The molecule has 0 fully saturated rings. The number of benzene rings is 2. The van der Waals surface area contributed by atoms with Gasteiger partial charge in [0.1, 0.15) is 0 Å². The number of amides is 1. The summed E-state index contributed by atoms with van der Waals surface area (Å²) in [5.41, 5.74) is 2.48. The third-order valence-electron chi connectivity index (χ3n) is 3.97. The zero-order chi connectivity index (χ0) is 17.1. The number of fused-ring (bicyclic) bond motifs is 1. The van der Waals surface area contributed by atoms with Crippen LogP contribution in [-0.2, 0) is 0 Å². The third-order valence-corrected chi connectivity index (χ3v) is 4.95. The number of aliphatic hydroxyl groups is 1. The first-order valence-electron chi connectivity index (χ1n) is 7.76. The van der Waals surface area contributed by atoms with E-state index in [9.17, 15) is 9.90 Å². The Labute approximate surface area is 145 Å². The molecule has 0 aliphatic heterocycles. The highest BCUT2D eigenvalue weighted by atomic mass is 32.1. The van der Waals surface area contributed by atoms with Gasteiger partial charge in [0.05, 0.1) is 6.10 Å². The van der Waals surface area contributed by atoms with E-state index in [0.29, 0.717) is 5.56 Å². The number of rotatable bonds is 5. The molecule has 0 bridgehead atoms. The summed E-state index contributed by atoms with van der Waals surface area (Å²) in [6.45, 7) is 0.189. The normalized spacial score (nSPS) is 12.1. The molecule has 2 N–H and O–H groups in total. The zero-order valence-corrected chi connectivity index (χ0v) is 14.5. The molecule has 0 saturated carbocycles. The van der Waals surface area contributed by atoms with Gasteiger partial charge in [-0.3, -0.25) is 4.79 Å². The number of thiophene rings is 1.